The van der Waals surface area contributed by atoms with E-state index in [1.54, 1.807) is 6.92 Å². The predicted octanol–water partition coefficient (Wildman–Crippen LogP) is 2.94. The molecule has 2 aromatic rings. The number of anilines is 2. The first-order valence-corrected chi connectivity index (χ1v) is 5.83. The zero-order valence-electron chi connectivity index (χ0n) is 10.8. The lowest BCUT2D eigenvalue weighted by atomic mass is 10.3. The SMILES string of the molecule is Cc1cc(NC(=O)Nc2c(F)cccc2F)c(C(=O)O)[nH]1. The quantitative estimate of drug-likeness (QED) is 0.701. The molecule has 0 aliphatic carbocycles. The zero-order chi connectivity index (χ0) is 15.6. The summed E-state index contributed by atoms with van der Waals surface area (Å²) in [5, 5.41) is 13.2. The lowest BCUT2D eigenvalue weighted by Crippen LogP contribution is -2.22. The molecule has 0 aliphatic heterocycles. The number of urea groups is 1. The van der Waals surface area contributed by atoms with Gasteiger partial charge in [0.25, 0.3) is 0 Å². The number of carboxylic acids is 1. The van der Waals surface area contributed by atoms with Gasteiger partial charge in [-0.25, -0.2) is 18.4 Å². The summed E-state index contributed by atoms with van der Waals surface area (Å²) in [4.78, 5) is 25.2. The molecule has 1 aromatic heterocycles. The highest BCUT2D eigenvalue weighted by Gasteiger charge is 2.17. The van der Waals surface area contributed by atoms with E-state index in [0.717, 1.165) is 18.2 Å². The molecule has 8 heteroatoms. The van der Waals surface area contributed by atoms with Crippen molar-refractivity contribution in [3.8, 4) is 0 Å². The smallest absolute Gasteiger partial charge is 0.354 e. The van der Waals surface area contributed by atoms with Gasteiger partial charge in [0.15, 0.2) is 0 Å². The van der Waals surface area contributed by atoms with Crippen molar-refractivity contribution in [3.63, 3.8) is 0 Å². The lowest BCUT2D eigenvalue weighted by molar-refractivity contribution is 0.0692. The maximum Gasteiger partial charge on any atom is 0.354 e. The standard InChI is InChI=1S/C13H11F2N3O3/c1-6-5-9(11(16-6)12(19)20)17-13(21)18-10-7(14)3-2-4-8(10)15/h2-5,16H,1H3,(H,19,20)(H2,17,18,21). The Morgan fingerprint density at radius 1 is 1.19 bits per heavy atom. The number of hydrogen-bond acceptors (Lipinski definition) is 2. The van der Waals surface area contributed by atoms with E-state index >= 15 is 0 Å². The average Bonchev–Trinajstić information content (AvgIpc) is 2.75. The Morgan fingerprint density at radius 3 is 2.38 bits per heavy atom. The second kappa shape index (κ2) is 5.61. The van der Waals surface area contributed by atoms with Crippen LogP contribution >= 0.6 is 0 Å². The number of aryl methyl sites for hydroxylation is 1. The van der Waals surface area contributed by atoms with E-state index < -0.39 is 29.3 Å². The van der Waals surface area contributed by atoms with E-state index in [2.05, 4.69) is 10.3 Å². The number of carbonyl (C=O) groups excluding carboxylic acids is 1. The summed E-state index contributed by atoms with van der Waals surface area (Å²) < 4.78 is 26.8. The molecule has 0 spiro atoms. The molecule has 2 rings (SSSR count). The van der Waals surface area contributed by atoms with Crippen molar-refractivity contribution in [2.45, 2.75) is 6.92 Å². The third-order valence-corrected chi connectivity index (χ3v) is 2.62. The number of halogens is 2. The molecule has 4 N–H and O–H groups in total. The van der Waals surface area contributed by atoms with Crippen molar-refractivity contribution < 1.29 is 23.5 Å². The number of aromatic nitrogens is 1. The third kappa shape index (κ3) is 3.16. The Morgan fingerprint density at radius 2 is 1.81 bits per heavy atom. The van der Waals surface area contributed by atoms with Crippen LogP contribution in [0, 0.1) is 18.6 Å². The van der Waals surface area contributed by atoms with E-state index in [1.165, 1.54) is 6.07 Å². The Balaban J connectivity index is 2.18. The third-order valence-electron chi connectivity index (χ3n) is 2.62. The molecule has 0 bridgehead atoms. The molecular formula is C13H11F2N3O3. The topological polar surface area (TPSA) is 94.2 Å². The van der Waals surface area contributed by atoms with Gasteiger partial charge in [-0.15, -0.1) is 0 Å². The van der Waals surface area contributed by atoms with Crippen LogP contribution in [0.2, 0.25) is 0 Å². The van der Waals surface area contributed by atoms with Gasteiger partial charge in [-0.3, -0.25) is 0 Å². The maximum atomic E-state index is 13.4. The highest BCUT2D eigenvalue weighted by molar-refractivity contribution is 6.04. The van der Waals surface area contributed by atoms with Gasteiger partial charge in [-0.2, -0.15) is 0 Å². The lowest BCUT2D eigenvalue weighted by Gasteiger charge is -2.08. The molecule has 0 radical (unpaired) electrons. The number of amides is 2. The van der Waals surface area contributed by atoms with Gasteiger partial charge in [0, 0.05) is 5.69 Å². The number of H-pyrrole nitrogens is 1. The van der Waals surface area contributed by atoms with Crippen LogP contribution in [0.4, 0.5) is 25.0 Å². The van der Waals surface area contributed by atoms with Gasteiger partial charge in [0.2, 0.25) is 0 Å². The molecule has 110 valence electrons. The summed E-state index contributed by atoms with van der Waals surface area (Å²) in [5.41, 5.74) is -0.329. The number of para-hydroxylation sites is 1. The predicted molar refractivity (Wildman–Crippen MR) is 71.5 cm³/mol. The largest absolute Gasteiger partial charge is 0.477 e. The zero-order valence-corrected chi connectivity index (χ0v) is 10.8. The average molecular weight is 295 g/mol. The molecule has 0 aliphatic rings. The van der Waals surface area contributed by atoms with E-state index in [0.29, 0.717) is 5.69 Å². The summed E-state index contributed by atoms with van der Waals surface area (Å²) in [6, 6.07) is 3.57. The molecule has 0 atom stereocenters. The number of carboxylic acid groups (broad SMARTS) is 1. The fraction of sp³-hybridized carbons (Fsp3) is 0.0769. The van der Waals surface area contributed by atoms with Crippen molar-refractivity contribution in [1.29, 1.82) is 0 Å². The Hall–Kier alpha value is -2.90. The van der Waals surface area contributed by atoms with Crippen molar-refractivity contribution in [2.24, 2.45) is 0 Å². The van der Waals surface area contributed by atoms with Gasteiger partial charge in [0.1, 0.15) is 23.0 Å². The molecule has 21 heavy (non-hydrogen) atoms. The Bertz CT molecular complexity index is 692. The number of aromatic amines is 1. The van der Waals surface area contributed by atoms with Crippen LogP contribution < -0.4 is 10.6 Å². The Kier molecular flexibility index (Phi) is 3.88. The highest BCUT2D eigenvalue weighted by Crippen LogP contribution is 2.20. The summed E-state index contributed by atoms with van der Waals surface area (Å²) in [6.07, 6.45) is 0. The van der Waals surface area contributed by atoms with Crippen LogP contribution in [0.15, 0.2) is 24.3 Å². The fourth-order valence-electron chi connectivity index (χ4n) is 1.74. The van der Waals surface area contributed by atoms with Gasteiger partial charge >= 0.3 is 12.0 Å². The normalized spacial score (nSPS) is 10.2. The second-order valence-electron chi connectivity index (χ2n) is 4.22. The molecular weight excluding hydrogens is 284 g/mol. The van der Waals surface area contributed by atoms with Crippen LogP contribution in [-0.2, 0) is 0 Å². The van der Waals surface area contributed by atoms with Crippen molar-refractivity contribution in [3.05, 3.63) is 47.3 Å². The molecule has 0 fully saturated rings. The maximum absolute atomic E-state index is 13.4. The molecule has 2 amide bonds. The summed E-state index contributed by atoms with van der Waals surface area (Å²) in [7, 11) is 0. The van der Waals surface area contributed by atoms with Crippen molar-refractivity contribution in [2.75, 3.05) is 10.6 Å². The molecule has 0 saturated heterocycles. The number of nitrogens with one attached hydrogen (secondary N) is 3. The second-order valence-corrected chi connectivity index (χ2v) is 4.22. The van der Waals surface area contributed by atoms with Gasteiger partial charge in [-0.05, 0) is 25.1 Å². The summed E-state index contributed by atoms with van der Waals surface area (Å²) in [6.45, 7) is 1.60. The molecule has 0 saturated carbocycles. The van der Waals surface area contributed by atoms with Gasteiger partial charge < -0.3 is 20.7 Å². The molecule has 0 unspecified atom stereocenters. The highest BCUT2D eigenvalue weighted by atomic mass is 19.1. The Labute approximate surface area is 117 Å². The molecule has 6 nitrogen and oxygen atoms in total. The van der Waals surface area contributed by atoms with Crippen LogP contribution in [0.25, 0.3) is 0 Å². The first-order valence-electron chi connectivity index (χ1n) is 5.83. The first kappa shape index (κ1) is 14.5. The van der Waals surface area contributed by atoms with E-state index in [1.807, 2.05) is 5.32 Å². The number of hydrogen-bond donors (Lipinski definition) is 4. The number of benzene rings is 1. The number of rotatable bonds is 3. The molecule has 1 aromatic carbocycles. The minimum atomic E-state index is -1.27. The van der Waals surface area contributed by atoms with Crippen LogP contribution in [0.1, 0.15) is 16.2 Å². The van der Waals surface area contributed by atoms with Gasteiger partial charge in [0.05, 0.1) is 5.69 Å². The van der Waals surface area contributed by atoms with Gasteiger partial charge in [-0.1, -0.05) is 6.07 Å². The van der Waals surface area contributed by atoms with Crippen molar-refractivity contribution in [1.82, 2.24) is 4.98 Å². The van der Waals surface area contributed by atoms with Crippen LogP contribution in [-0.4, -0.2) is 22.1 Å². The first-order chi connectivity index (χ1) is 9.88. The minimum absolute atomic E-state index is 0.00533. The summed E-state index contributed by atoms with van der Waals surface area (Å²) in [5.74, 6) is -3.14. The molecule has 1 heterocycles. The van der Waals surface area contributed by atoms with E-state index in [4.69, 9.17) is 5.11 Å². The van der Waals surface area contributed by atoms with E-state index in [9.17, 15) is 18.4 Å². The fourth-order valence-corrected chi connectivity index (χ4v) is 1.74. The van der Waals surface area contributed by atoms with Crippen LogP contribution in [0.3, 0.4) is 0 Å². The van der Waals surface area contributed by atoms with E-state index in [-0.39, 0.29) is 11.4 Å². The summed E-state index contributed by atoms with van der Waals surface area (Å²) >= 11 is 0. The van der Waals surface area contributed by atoms with Crippen LogP contribution in [0.5, 0.6) is 0 Å². The monoisotopic (exact) mass is 295 g/mol. The van der Waals surface area contributed by atoms with Crippen molar-refractivity contribution >= 4 is 23.4 Å². The minimum Gasteiger partial charge on any atom is -0.477 e. The number of carbonyl (C=O) groups is 2. The number of aromatic carboxylic acids is 1.